The summed E-state index contributed by atoms with van der Waals surface area (Å²) in [5.74, 6) is 0. The van der Waals surface area contributed by atoms with Crippen LogP contribution in [0.5, 0.6) is 0 Å². The molecule has 0 unspecified atom stereocenters. The molecule has 0 aliphatic heterocycles. The van der Waals surface area contributed by atoms with Crippen LogP contribution < -0.4 is 5.43 Å². The van der Waals surface area contributed by atoms with E-state index in [9.17, 15) is 20.2 Å². The van der Waals surface area contributed by atoms with E-state index in [0.717, 1.165) is 18.6 Å². The van der Waals surface area contributed by atoms with Gasteiger partial charge >= 0.3 is 5.69 Å². The first-order valence-electron chi connectivity index (χ1n) is 6.13. The summed E-state index contributed by atoms with van der Waals surface area (Å²) in [6.07, 6.45) is 2.73. The van der Waals surface area contributed by atoms with Crippen molar-refractivity contribution in [1.82, 2.24) is 0 Å². The molecule has 0 fully saturated rings. The summed E-state index contributed by atoms with van der Waals surface area (Å²) in [6.45, 7) is 1.92. The van der Waals surface area contributed by atoms with Gasteiger partial charge in [0.2, 0.25) is 0 Å². The Bertz CT molecular complexity index is 642. The molecule has 0 radical (unpaired) electrons. The van der Waals surface area contributed by atoms with Crippen LogP contribution >= 0.6 is 23.2 Å². The zero-order chi connectivity index (χ0) is 16.7. The molecule has 118 valence electrons. The van der Waals surface area contributed by atoms with Gasteiger partial charge in [-0.2, -0.15) is 5.10 Å². The number of anilines is 1. The molecule has 0 atom stereocenters. The fourth-order valence-electron chi connectivity index (χ4n) is 1.55. The summed E-state index contributed by atoms with van der Waals surface area (Å²) >= 11 is 11.1. The molecule has 0 aromatic heterocycles. The van der Waals surface area contributed by atoms with Crippen molar-refractivity contribution in [2.75, 3.05) is 5.43 Å². The monoisotopic (exact) mass is 346 g/mol. The van der Waals surface area contributed by atoms with Gasteiger partial charge in [0.25, 0.3) is 5.69 Å². The Balaban J connectivity index is 3.13. The Labute approximate surface area is 135 Å². The molecule has 0 amide bonds. The van der Waals surface area contributed by atoms with E-state index in [2.05, 4.69) is 10.5 Å². The van der Waals surface area contributed by atoms with Crippen LogP contribution in [0.4, 0.5) is 17.1 Å². The average Bonchev–Trinajstić information content (AvgIpc) is 2.44. The average molecular weight is 347 g/mol. The van der Waals surface area contributed by atoms with Crippen LogP contribution in [-0.4, -0.2) is 15.6 Å². The van der Waals surface area contributed by atoms with Crippen molar-refractivity contribution in [2.24, 2.45) is 5.10 Å². The smallest absolute Gasteiger partial charge is 0.271 e. The first-order chi connectivity index (χ1) is 10.3. The fourth-order valence-corrected chi connectivity index (χ4v) is 1.81. The highest BCUT2D eigenvalue weighted by Gasteiger charge is 2.19. The van der Waals surface area contributed by atoms with Crippen molar-refractivity contribution in [3.63, 3.8) is 0 Å². The van der Waals surface area contributed by atoms with Crippen LogP contribution in [-0.2, 0) is 0 Å². The molecule has 0 aliphatic carbocycles. The van der Waals surface area contributed by atoms with E-state index in [-0.39, 0.29) is 15.9 Å². The van der Waals surface area contributed by atoms with Crippen molar-refractivity contribution in [3.05, 3.63) is 49.0 Å². The van der Waals surface area contributed by atoms with Gasteiger partial charge in [-0.25, -0.2) is 0 Å². The molecule has 1 aromatic rings. The number of nitrogens with one attached hydrogen (secondary N) is 1. The normalized spacial score (nSPS) is 11.0. The number of hydrazone groups is 1. The molecule has 1 N–H and O–H groups in total. The second-order valence-electron chi connectivity index (χ2n) is 4.11. The summed E-state index contributed by atoms with van der Waals surface area (Å²) in [5.41, 5.74) is 2.21. The summed E-state index contributed by atoms with van der Waals surface area (Å²) in [5, 5.41) is 25.6. The van der Waals surface area contributed by atoms with Crippen LogP contribution in [0.15, 0.2) is 33.9 Å². The van der Waals surface area contributed by atoms with E-state index in [4.69, 9.17) is 23.2 Å². The van der Waals surface area contributed by atoms with Crippen LogP contribution in [0.1, 0.15) is 19.8 Å². The van der Waals surface area contributed by atoms with E-state index >= 15 is 0 Å². The largest absolute Gasteiger partial charge is 0.301 e. The highest BCUT2D eigenvalue weighted by atomic mass is 35.5. The SMILES string of the molecule is CCCC(C=C(Cl)Cl)=NNc1ccc([N+](=O)[O-])cc1[N+](=O)[O-]. The number of rotatable bonds is 7. The zero-order valence-corrected chi connectivity index (χ0v) is 13.0. The third-order valence-corrected chi connectivity index (χ3v) is 2.71. The molecule has 1 aromatic carbocycles. The maximum absolute atomic E-state index is 11.0. The van der Waals surface area contributed by atoms with Crippen LogP contribution in [0, 0.1) is 20.2 Å². The van der Waals surface area contributed by atoms with E-state index in [1.54, 1.807) is 0 Å². The van der Waals surface area contributed by atoms with Crippen molar-refractivity contribution in [2.45, 2.75) is 19.8 Å². The molecule has 0 spiro atoms. The number of non-ortho nitro benzene ring substituents is 1. The number of nitro benzene ring substituents is 2. The van der Waals surface area contributed by atoms with Crippen molar-refractivity contribution in [1.29, 1.82) is 0 Å². The standard InChI is InChI=1S/C12H12Cl2N4O4/c1-2-3-8(6-12(13)14)15-16-10-5-4-9(17(19)20)7-11(10)18(21)22/h4-7,16H,2-3H2,1H3. The van der Waals surface area contributed by atoms with Gasteiger partial charge in [0, 0.05) is 6.07 Å². The quantitative estimate of drug-likeness (QED) is 0.447. The lowest BCUT2D eigenvalue weighted by Gasteiger charge is -2.04. The Hall–Kier alpha value is -2.19. The molecule has 0 saturated carbocycles. The van der Waals surface area contributed by atoms with Crippen LogP contribution in [0.3, 0.4) is 0 Å². The summed E-state index contributed by atoms with van der Waals surface area (Å²) < 4.78 is 0.00667. The van der Waals surface area contributed by atoms with Gasteiger partial charge in [0.1, 0.15) is 10.2 Å². The highest BCUT2D eigenvalue weighted by Crippen LogP contribution is 2.29. The first kappa shape index (κ1) is 17.9. The van der Waals surface area contributed by atoms with E-state index in [1.807, 2.05) is 6.92 Å². The zero-order valence-electron chi connectivity index (χ0n) is 11.5. The van der Waals surface area contributed by atoms with Crippen molar-refractivity contribution < 1.29 is 9.85 Å². The molecular formula is C12H12Cl2N4O4. The van der Waals surface area contributed by atoms with Crippen molar-refractivity contribution in [3.8, 4) is 0 Å². The minimum absolute atomic E-state index is 0.00667. The van der Waals surface area contributed by atoms with Gasteiger partial charge in [-0.3, -0.25) is 25.7 Å². The number of hydrogen-bond donors (Lipinski definition) is 1. The van der Waals surface area contributed by atoms with Gasteiger partial charge in [-0.15, -0.1) is 0 Å². The summed E-state index contributed by atoms with van der Waals surface area (Å²) in [7, 11) is 0. The van der Waals surface area contributed by atoms with E-state index < -0.39 is 15.5 Å². The predicted molar refractivity (Wildman–Crippen MR) is 85.5 cm³/mol. The molecule has 0 saturated heterocycles. The lowest BCUT2D eigenvalue weighted by atomic mass is 10.2. The van der Waals surface area contributed by atoms with Gasteiger partial charge in [0.15, 0.2) is 0 Å². The lowest BCUT2D eigenvalue weighted by Crippen LogP contribution is -2.02. The Morgan fingerprint density at radius 1 is 1.32 bits per heavy atom. The Morgan fingerprint density at radius 2 is 2.00 bits per heavy atom. The minimum atomic E-state index is -0.727. The highest BCUT2D eigenvalue weighted by molar-refractivity contribution is 6.56. The van der Waals surface area contributed by atoms with Gasteiger partial charge in [-0.1, -0.05) is 36.5 Å². The van der Waals surface area contributed by atoms with Crippen molar-refractivity contribution >= 4 is 46.0 Å². The number of allylic oxidation sites excluding steroid dienone is 1. The summed E-state index contributed by atoms with van der Waals surface area (Å²) in [4.78, 5) is 20.2. The van der Waals surface area contributed by atoms with Gasteiger partial charge < -0.3 is 0 Å². The third kappa shape index (κ3) is 5.30. The second kappa shape index (κ2) is 8.30. The molecule has 0 aliphatic rings. The number of nitro groups is 2. The molecule has 22 heavy (non-hydrogen) atoms. The third-order valence-electron chi connectivity index (χ3n) is 2.49. The maximum Gasteiger partial charge on any atom is 0.301 e. The number of benzene rings is 1. The van der Waals surface area contributed by atoms with Crippen LogP contribution in [0.2, 0.25) is 0 Å². The minimum Gasteiger partial charge on any atom is -0.271 e. The predicted octanol–water partition coefficient (Wildman–Crippen LogP) is 4.39. The van der Waals surface area contributed by atoms with Gasteiger partial charge in [0.05, 0.1) is 21.6 Å². The number of hydrogen-bond acceptors (Lipinski definition) is 6. The number of halogens is 2. The van der Waals surface area contributed by atoms with E-state index in [1.165, 1.54) is 12.1 Å². The molecule has 1 rings (SSSR count). The first-order valence-corrected chi connectivity index (χ1v) is 6.88. The molecule has 10 heteroatoms. The fraction of sp³-hybridized carbons (Fsp3) is 0.250. The van der Waals surface area contributed by atoms with Gasteiger partial charge in [-0.05, 0) is 18.6 Å². The number of nitrogens with zero attached hydrogens (tertiary/aromatic N) is 3. The lowest BCUT2D eigenvalue weighted by molar-refractivity contribution is -0.393. The summed E-state index contributed by atoms with van der Waals surface area (Å²) in [6, 6.07) is 3.23. The molecule has 0 bridgehead atoms. The van der Waals surface area contributed by atoms with Crippen LogP contribution in [0.25, 0.3) is 0 Å². The Morgan fingerprint density at radius 3 is 2.50 bits per heavy atom. The Kier molecular flexibility index (Phi) is 6.74. The molecule has 0 heterocycles. The molecule has 8 nitrogen and oxygen atoms in total. The van der Waals surface area contributed by atoms with E-state index in [0.29, 0.717) is 12.1 Å². The maximum atomic E-state index is 11.0. The molecular weight excluding hydrogens is 335 g/mol. The topological polar surface area (TPSA) is 111 Å². The second-order valence-corrected chi connectivity index (χ2v) is 5.12.